The van der Waals surface area contributed by atoms with Gasteiger partial charge in [-0.2, -0.15) is 0 Å². The number of nitrogens with zero attached hydrogens (tertiary/aromatic N) is 5. The fourth-order valence-electron chi connectivity index (χ4n) is 4.10. The average molecular weight is 447 g/mol. The van der Waals surface area contributed by atoms with E-state index in [-0.39, 0.29) is 11.9 Å². The lowest BCUT2D eigenvalue weighted by atomic mass is 10.1. The first-order valence-electron chi connectivity index (χ1n) is 11.2. The third-order valence-electron chi connectivity index (χ3n) is 5.98. The van der Waals surface area contributed by atoms with Gasteiger partial charge >= 0.3 is 0 Å². The first-order chi connectivity index (χ1) is 16.0. The highest BCUT2D eigenvalue weighted by Gasteiger charge is 2.31. The number of carbonyl (C=O) groups excluding carboxylic acids is 1. The predicted molar refractivity (Wildman–Crippen MR) is 129 cm³/mol. The predicted octanol–water partition coefficient (Wildman–Crippen LogP) is 4.12. The molecule has 0 bridgehead atoms. The van der Waals surface area contributed by atoms with Crippen LogP contribution in [0.3, 0.4) is 0 Å². The van der Waals surface area contributed by atoms with Gasteiger partial charge in [0.05, 0.1) is 31.2 Å². The first kappa shape index (κ1) is 22.5. The number of carbonyl (C=O) groups is 1. The summed E-state index contributed by atoms with van der Waals surface area (Å²) in [6.07, 6.45) is 7.46. The van der Waals surface area contributed by atoms with Crippen molar-refractivity contribution in [3.63, 3.8) is 0 Å². The highest BCUT2D eigenvalue weighted by Crippen LogP contribution is 2.32. The van der Waals surface area contributed by atoms with Crippen molar-refractivity contribution in [3.8, 4) is 5.75 Å². The molecule has 2 aromatic heterocycles. The van der Waals surface area contributed by atoms with E-state index in [4.69, 9.17) is 9.72 Å². The fraction of sp³-hybridized carbons (Fsp3) is 0.360. The quantitative estimate of drug-likeness (QED) is 0.557. The molecule has 0 aliphatic carbocycles. The molecule has 1 atom stereocenters. The van der Waals surface area contributed by atoms with Gasteiger partial charge in [-0.15, -0.1) is 0 Å². The van der Waals surface area contributed by atoms with Crippen LogP contribution in [-0.2, 0) is 4.79 Å². The molecule has 3 aromatic rings. The summed E-state index contributed by atoms with van der Waals surface area (Å²) in [6.45, 7) is 3.36. The Balaban J connectivity index is 1.41. The van der Waals surface area contributed by atoms with E-state index >= 15 is 0 Å². The fourth-order valence-corrected chi connectivity index (χ4v) is 4.10. The number of ether oxygens (including phenoxy) is 1. The summed E-state index contributed by atoms with van der Waals surface area (Å²) in [6, 6.07) is 11.7. The standard InChI is InChI=1S/C25H30N6O2/c1-18-7-5-12-27-25(18)29-23-17-26-16-21(28-23)22-10-6-13-31(22)24(32)11-14-30(2)19-8-4-9-20(15-19)33-3/h4-5,7-9,12,15-17,22H,6,10-11,13-14H2,1-3H3,(H,27,28,29). The van der Waals surface area contributed by atoms with Crippen LogP contribution in [0, 0.1) is 6.92 Å². The molecule has 1 unspecified atom stereocenters. The Labute approximate surface area is 194 Å². The maximum absolute atomic E-state index is 13.1. The van der Waals surface area contributed by atoms with E-state index < -0.39 is 0 Å². The van der Waals surface area contributed by atoms with Crippen LogP contribution < -0.4 is 15.0 Å². The summed E-state index contributed by atoms with van der Waals surface area (Å²) in [5.41, 5.74) is 2.86. The molecule has 1 saturated heterocycles. The summed E-state index contributed by atoms with van der Waals surface area (Å²) in [7, 11) is 3.64. The van der Waals surface area contributed by atoms with Crippen molar-refractivity contribution in [1.82, 2.24) is 19.9 Å². The molecule has 4 rings (SSSR count). The van der Waals surface area contributed by atoms with E-state index in [1.807, 2.05) is 55.3 Å². The summed E-state index contributed by atoms with van der Waals surface area (Å²) in [5, 5.41) is 3.24. The van der Waals surface area contributed by atoms with E-state index in [1.54, 1.807) is 25.7 Å². The molecule has 0 spiro atoms. The van der Waals surface area contributed by atoms with Gasteiger partial charge in [0, 0.05) is 44.5 Å². The third-order valence-corrected chi connectivity index (χ3v) is 5.98. The average Bonchev–Trinajstić information content (AvgIpc) is 3.34. The van der Waals surface area contributed by atoms with Crippen LogP contribution in [0.15, 0.2) is 55.0 Å². The number of nitrogens with one attached hydrogen (secondary N) is 1. The Hall–Kier alpha value is -3.68. The van der Waals surface area contributed by atoms with Crippen LogP contribution >= 0.6 is 0 Å². The molecule has 1 fully saturated rings. The molecule has 33 heavy (non-hydrogen) atoms. The molecular formula is C25H30N6O2. The van der Waals surface area contributed by atoms with Crippen LogP contribution in [-0.4, -0.2) is 53.0 Å². The number of amides is 1. The zero-order valence-electron chi connectivity index (χ0n) is 19.4. The molecule has 3 heterocycles. The Morgan fingerprint density at radius 2 is 2.15 bits per heavy atom. The van der Waals surface area contributed by atoms with Crippen LogP contribution in [0.25, 0.3) is 0 Å². The second kappa shape index (κ2) is 10.3. The van der Waals surface area contributed by atoms with Crippen molar-refractivity contribution < 1.29 is 9.53 Å². The van der Waals surface area contributed by atoms with Crippen molar-refractivity contribution in [1.29, 1.82) is 0 Å². The zero-order valence-corrected chi connectivity index (χ0v) is 19.4. The minimum Gasteiger partial charge on any atom is -0.497 e. The minimum absolute atomic E-state index is 0.0568. The van der Waals surface area contributed by atoms with Gasteiger partial charge in [-0.05, 0) is 43.5 Å². The topological polar surface area (TPSA) is 83.5 Å². The third kappa shape index (κ3) is 5.39. The van der Waals surface area contributed by atoms with E-state index in [1.165, 1.54) is 0 Å². The zero-order chi connectivity index (χ0) is 23.2. The van der Waals surface area contributed by atoms with E-state index in [9.17, 15) is 4.79 Å². The van der Waals surface area contributed by atoms with Crippen molar-refractivity contribution >= 4 is 23.2 Å². The molecule has 1 amide bonds. The number of hydrogen-bond donors (Lipinski definition) is 1. The number of hydrogen-bond acceptors (Lipinski definition) is 7. The number of aryl methyl sites for hydroxylation is 1. The smallest absolute Gasteiger partial charge is 0.224 e. The summed E-state index contributed by atoms with van der Waals surface area (Å²) < 4.78 is 5.30. The lowest BCUT2D eigenvalue weighted by Crippen LogP contribution is -2.33. The molecule has 0 saturated carbocycles. The summed E-state index contributed by atoms with van der Waals surface area (Å²) >= 11 is 0. The van der Waals surface area contributed by atoms with Gasteiger partial charge in [-0.3, -0.25) is 9.78 Å². The first-order valence-corrected chi connectivity index (χ1v) is 11.2. The monoisotopic (exact) mass is 446 g/mol. The van der Waals surface area contributed by atoms with Gasteiger partial charge in [0.25, 0.3) is 0 Å². The van der Waals surface area contributed by atoms with Crippen molar-refractivity contribution in [3.05, 3.63) is 66.2 Å². The number of likely N-dealkylation sites (tertiary alicyclic amines) is 1. The van der Waals surface area contributed by atoms with Gasteiger partial charge in [0.2, 0.25) is 5.91 Å². The second-order valence-electron chi connectivity index (χ2n) is 8.24. The normalized spacial score (nSPS) is 15.4. The SMILES string of the molecule is COc1cccc(N(C)CCC(=O)N2CCCC2c2cncc(Nc3ncccc3C)n2)c1. The van der Waals surface area contributed by atoms with Gasteiger partial charge in [-0.25, -0.2) is 9.97 Å². The van der Waals surface area contributed by atoms with E-state index in [0.29, 0.717) is 18.8 Å². The summed E-state index contributed by atoms with van der Waals surface area (Å²) in [4.78, 5) is 30.6. The van der Waals surface area contributed by atoms with Gasteiger partial charge in [-0.1, -0.05) is 12.1 Å². The van der Waals surface area contributed by atoms with Gasteiger partial charge in [0.15, 0.2) is 0 Å². The van der Waals surface area contributed by atoms with Gasteiger partial charge in [0.1, 0.15) is 17.4 Å². The Morgan fingerprint density at radius 3 is 2.97 bits per heavy atom. The van der Waals surface area contributed by atoms with Crippen LogP contribution in [0.4, 0.5) is 17.3 Å². The van der Waals surface area contributed by atoms with E-state index in [2.05, 4.69) is 20.2 Å². The van der Waals surface area contributed by atoms with Crippen LogP contribution in [0.2, 0.25) is 0 Å². The molecule has 0 radical (unpaired) electrons. The molecule has 172 valence electrons. The van der Waals surface area contributed by atoms with E-state index in [0.717, 1.165) is 47.9 Å². The molecule has 1 aliphatic heterocycles. The lowest BCUT2D eigenvalue weighted by molar-refractivity contribution is -0.132. The Kier molecular flexibility index (Phi) is 7.02. The highest BCUT2D eigenvalue weighted by atomic mass is 16.5. The van der Waals surface area contributed by atoms with Crippen molar-refractivity contribution in [2.45, 2.75) is 32.2 Å². The molecule has 1 aliphatic rings. The molecule has 8 heteroatoms. The maximum Gasteiger partial charge on any atom is 0.224 e. The molecular weight excluding hydrogens is 416 g/mol. The molecule has 1 aromatic carbocycles. The maximum atomic E-state index is 13.1. The molecule has 8 nitrogen and oxygen atoms in total. The summed E-state index contributed by atoms with van der Waals surface area (Å²) in [5.74, 6) is 2.32. The number of pyridine rings is 1. The molecule has 1 N–H and O–H groups in total. The Morgan fingerprint density at radius 1 is 1.27 bits per heavy atom. The van der Waals surface area contributed by atoms with Gasteiger partial charge < -0.3 is 19.9 Å². The highest BCUT2D eigenvalue weighted by molar-refractivity contribution is 5.77. The largest absolute Gasteiger partial charge is 0.497 e. The number of methoxy groups -OCH3 is 1. The second-order valence-corrected chi connectivity index (χ2v) is 8.24. The number of aromatic nitrogens is 3. The van der Waals surface area contributed by atoms with Crippen molar-refractivity contribution in [2.75, 3.05) is 37.5 Å². The van der Waals surface area contributed by atoms with Crippen molar-refractivity contribution in [2.24, 2.45) is 0 Å². The van der Waals surface area contributed by atoms with Crippen LogP contribution in [0.1, 0.15) is 36.6 Å². The number of rotatable bonds is 8. The Bertz CT molecular complexity index is 1110. The number of anilines is 3. The lowest BCUT2D eigenvalue weighted by Gasteiger charge is -2.26. The number of benzene rings is 1. The minimum atomic E-state index is -0.0568. The van der Waals surface area contributed by atoms with Crippen LogP contribution in [0.5, 0.6) is 5.75 Å².